The molecule has 0 radical (unpaired) electrons. The monoisotopic (exact) mass is 430 g/mol. The average molecular weight is 431 g/mol. The first-order valence-electron chi connectivity index (χ1n) is 12.0. The Balaban J connectivity index is 1.97. The Labute approximate surface area is 194 Å². The van der Waals surface area contributed by atoms with Gasteiger partial charge in [-0.3, -0.25) is 0 Å². The summed E-state index contributed by atoms with van der Waals surface area (Å²) in [6.45, 7) is 9.66. The third-order valence-electron chi connectivity index (χ3n) is 5.80. The van der Waals surface area contributed by atoms with Crippen molar-refractivity contribution in [3.63, 3.8) is 0 Å². The van der Waals surface area contributed by atoms with E-state index >= 15 is 0 Å². The van der Waals surface area contributed by atoms with Gasteiger partial charge in [0, 0.05) is 32.4 Å². The number of ether oxygens (including phenoxy) is 1. The van der Waals surface area contributed by atoms with Crippen molar-refractivity contribution in [2.75, 3.05) is 29.9 Å². The number of rotatable bonds is 12. The fraction of sp³-hybridized carbons (Fsp3) is 0.379. The van der Waals surface area contributed by atoms with Gasteiger partial charge in [0.1, 0.15) is 5.75 Å². The van der Waals surface area contributed by atoms with Gasteiger partial charge in [0.05, 0.1) is 5.69 Å². The molecule has 0 unspecified atom stereocenters. The van der Waals surface area contributed by atoms with Crippen LogP contribution in [0.5, 0.6) is 11.5 Å². The Bertz CT molecular complexity index is 932. The summed E-state index contributed by atoms with van der Waals surface area (Å²) in [6.07, 6.45) is 4.74. The van der Waals surface area contributed by atoms with Crippen LogP contribution >= 0.6 is 0 Å². The molecule has 3 aromatic carbocycles. The number of nitrogens with zero attached hydrogens (tertiary/aromatic N) is 2. The first-order valence-corrected chi connectivity index (χ1v) is 12.0. The molecular weight excluding hydrogens is 392 g/mol. The molecule has 3 rings (SSSR count). The van der Waals surface area contributed by atoms with Gasteiger partial charge < -0.3 is 14.5 Å². The molecule has 0 N–H and O–H groups in total. The van der Waals surface area contributed by atoms with Crippen molar-refractivity contribution in [3.8, 4) is 11.5 Å². The normalized spacial score (nSPS) is 10.8. The molecule has 0 atom stereocenters. The van der Waals surface area contributed by atoms with Gasteiger partial charge in [-0.25, -0.2) is 0 Å². The van der Waals surface area contributed by atoms with Crippen LogP contribution in [-0.2, 0) is 6.54 Å². The van der Waals surface area contributed by atoms with Gasteiger partial charge in [-0.15, -0.1) is 0 Å². The summed E-state index contributed by atoms with van der Waals surface area (Å²) in [4.78, 5) is 4.84. The van der Waals surface area contributed by atoms with Gasteiger partial charge in [0.15, 0.2) is 5.75 Å². The number of hydrogen-bond donors (Lipinski definition) is 0. The van der Waals surface area contributed by atoms with E-state index in [2.05, 4.69) is 80.1 Å². The highest BCUT2D eigenvalue weighted by Crippen LogP contribution is 2.37. The summed E-state index contributed by atoms with van der Waals surface area (Å²) in [6, 6.07) is 25.3. The van der Waals surface area contributed by atoms with Crippen molar-refractivity contribution in [3.05, 3.63) is 83.9 Å². The molecule has 0 fully saturated rings. The summed E-state index contributed by atoms with van der Waals surface area (Å²) in [7, 11) is 2.16. The summed E-state index contributed by atoms with van der Waals surface area (Å²) >= 11 is 0. The molecular formula is C29H38N2O. The minimum Gasteiger partial charge on any atom is -0.455 e. The highest BCUT2D eigenvalue weighted by Gasteiger charge is 2.17. The van der Waals surface area contributed by atoms with Crippen molar-refractivity contribution < 1.29 is 4.74 Å². The molecule has 0 aliphatic heterocycles. The second-order valence-electron chi connectivity index (χ2n) is 8.56. The summed E-state index contributed by atoms with van der Waals surface area (Å²) in [5, 5.41) is 0. The minimum atomic E-state index is 0.860. The summed E-state index contributed by atoms with van der Waals surface area (Å²) in [5.74, 6) is 1.87. The molecule has 3 heteroatoms. The van der Waals surface area contributed by atoms with Gasteiger partial charge in [0.2, 0.25) is 0 Å². The average Bonchev–Trinajstić information content (AvgIpc) is 2.82. The molecule has 0 aliphatic rings. The lowest BCUT2D eigenvalue weighted by Crippen LogP contribution is -2.26. The van der Waals surface area contributed by atoms with E-state index in [1.54, 1.807) is 0 Å². The van der Waals surface area contributed by atoms with Gasteiger partial charge in [-0.05, 0) is 61.2 Å². The molecule has 0 aliphatic carbocycles. The van der Waals surface area contributed by atoms with E-state index in [-0.39, 0.29) is 0 Å². The van der Waals surface area contributed by atoms with Crippen LogP contribution in [0.25, 0.3) is 0 Å². The first kappa shape index (κ1) is 23.7. The second kappa shape index (κ2) is 12.2. The second-order valence-corrected chi connectivity index (χ2v) is 8.56. The van der Waals surface area contributed by atoms with Crippen molar-refractivity contribution in [2.45, 2.75) is 53.0 Å². The molecule has 3 nitrogen and oxygen atoms in total. The first-order chi connectivity index (χ1) is 15.6. The number of hydrogen-bond acceptors (Lipinski definition) is 3. The quantitative estimate of drug-likeness (QED) is 0.291. The third-order valence-corrected chi connectivity index (χ3v) is 5.80. The van der Waals surface area contributed by atoms with Gasteiger partial charge in [0.25, 0.3) is 0 Å². The summed E-state index contributed by atoms with van der Waals surface area (Å²) in [5.41, 5.74) is 4.93. The Morgan fingerprint density at radius 1 is 0.781 bits per heavy atom. The van der Waals surface area contributed by atoms with Crippen LogP contribution in [0.1, 0.15) is 50.7 Å². The molecule has 0 saturated carbocycles. The van der Waals surface area contributed by atoms with E-state index in [0.717, 1.165) is 31.1 Å². The maximum atomic E-state index is 6.47. The van der Waals surface area contributed by atoms with E-state index in [1.807, 2.05) is 30.3 Å². The topological polar surface area (TPSA) is 15.7 Å². The Kier molecular flexibility index (Phi) is 9.03. The predicted octanol–water partition coefficient (Wildman–Crippen LogP) is 7.83. The zero-order valence-corrected chi connectivity index (χ0v) is 20.2. The van der Waals surface area contributed by atoms with Crippen LogP contribution in [0.15, 0.2) is 72.8 Å². The number of unbranched alkanes of at least 4 members (excludes halogenated alkanes) is 2. The van der Waals surface area contributed by atoms with E-state index < -0.39 is 0 Å². The van der Waals surface area contributed by atoms with Crippen molar-refractivity contribution in [2.24, 2.45) is 0 Å². The third kappa shape index (κ3) is 6.53. The van der Waals surface area contributed by atoms with Crippen molar-refractivity contribution in [1.82, 2.24) is 0 Å². The lowest BCUT2D eigenvalue weighted by Gasteiger charge is -2.29. The molecule has 0 saturated heterocycles. The molecule has 0 aromatic heterocycles. The molecule has 0 spiro atoms. The zero-order valence-electron chi connectivity index (χ0n) is 20.2. The molecule has 3 aromatic rings. The van der Waals surface area contributed by atoms with Gasteiger partial charge in [-0.1, -0.05) is 69.2 Å². The van der Waals surface area contributed by atoms with Crippen LogP contribution in [-0.4, -0.2) is 20.1 Å². The zero-order chi connectivity index (χ0) is 22.8. The SMILES string of the molecule is CCCCN(CCCC)c1cc(CN(C)c2ccccc2)cc(C)c1Oc1ccccc1. The molecule has 0 amide bonds. The minimum absolute atomic E-state index is 0.860. The standard InChI is InChI=1S/C29H38N2O/c1-5-7-19-31(20-8-6-2)28-22-25(23-30(4)26-15-11-9-12-16-26)21-24(3)29(28)32-27-17-13-10-14-18-27/h9-18,21-22H,5-8,19-20,23H2,1-4H3. The number of para-hydroxylation sites is 2. The molecule has 0 heterocycles. The van der Waals surface area contributed by atoms with Crippen LogP contribution in [0.2, 0.25) is 0 Å². The van der Waals surface area contributed by atoms with Crippen LogP contribution in [0.4, 0.5) is 11.4 Å². The number of benzene rings is 3. The highest BCUT2D eigenvalue weighted by atomic mass is 16.5. The number of aryl methyl sites for hydroxylation is 1. The largest absolute Gasteiger partial charge is 0.455 e. The van der Waals surface area contributed by atoms with E-state index in [4.69, 9.17) is 4.74 Å². The highest BCUT2D eigenvalue weighted by molar-refractivity contribution is 5.65. The lowest BCUT2D eigenvalue weighted by atomic mass is 10.1. The van der Waals surface area contributed by atoms with Crippen LogP contribution in [0, 0.1) is 6.92 Å². The Hall–Kier alpha value is -2.94. The van der Waals surface area contributed by atoms with Gasteiger partial charge >= 0.3 is 0 Å². The predicted molar refractivity (Wildman–Crippen MR) is 138 cm³/mol. The lowest BCUT2D eigenvalue weighted by molar-refractivity contribution is 0.476. The fourth-order valence-corrected chi connectivity index (χ4v) is 3.99. The fourth-order valence-electron chi connectivity index (χ4n) is 3.99. The maximum absolute atomic E-state index is 6.47. The van der Waals surface area contributed by atoms with Crippen LogP contribution in [0.3, 0.4) is 0 Å². The Morgan fingerprint density at radius 3 is 1.97 bits per heavy atom. The molecule has 0 bridgehead atoms. The Morgan fingerprint density at radius 2 is 1.38 bits per heavy atom. The van der Waals surface area contributed by atoms with E-state index in [9.17, 15) is 0 Å². The molecule has 170 valence electrons. The maximum Gasteiger partial charge on any atom is 0.153 e. The van der Waals surface area contributed by atoms with Crippen LogP contribution < -0.4 is 14.5 Å². The smallest absolute Gasteiger partial charge is 0.153 e. The van der Waals surface area contributed by atoms with Gasteiger partial charge in [-0.2, -0.15) is 0 Å². The van der Waals surface area contributed by atoms with Crippen molar-refractivity contribution >= 4 is 11.4 Å². The van der Waals surface area contributed by atoms with E-state index in [0.29, 0.717) is 0 Å². The summed E-state index contributed by atoms with van der Waals surface area (Å²) < 4.78 is 6.47. The molecule has 32 heavy (non-hydrogen) atoms. The number of anilines is 2. The van der Waals surface area contributed by atoms with E-state index in [1.165, 1.54) is 48.2 Å². The van der Waals surface area contributed by atoms with Crippen molar-refractivity contribution in [1.29, 1.82) is 0 Å².